The number of aromatic amines is 1. The van der Waals surface area contributed by atoms with E-state index in [0.717, 1.165) is 5.52 Å². The zero-order chi connectivity index (χ0) is 13.9. The number of H-pyrrole nitrogens is 1. The molecule has 0 aliphatic heterocycles. The monoisotopic (exact) mass is 269 g/mol. The molecular weight excluding hydrogens is 258 g/mol. The van der Waals surface area contributed by atoms with E-state index in [-0.39, 0.29) is 11.9 Å². The van der Waals surface area contributed by atoms with Crippen molar-refractivity contribution in [3.8, 4) is 0 Å². The molecule has 0 bridgehead atoms. The Morgan fingerprint density at radius 1 is 1.25 bits per heavy atom. The van der Waals surface area contributed by atoms with Crippen molar-refractivity contribution in [3.63, 3.8) is 0 Å². The molecule has 0 radical (unpaired) electrons. The molecule has 3 aromatic rings. The van der Waals surface area contributed by atoms with Gasteiger partial charge in [-0.25, -0.2) is 0 Å². The smallest absolute Gasteiger partial charge is 0.251 e. The fourth-order valence-corrected chi connectivity index (χ4v) is 1.80. The normalized spacial score (nSPS) is 12.2. The molecular formula is C12H11N7O. The van der Waals surface area contributed by atoms with Gasteiger partial charge in [-0.15, -0.1) is 10.2 Å². The second-order valence-corrected chi connectivity index (χ2v) is 4.22. The minimum atomic E-state index is -0.334. The van der Waals surface area contributed by atoms with Crippen LogP contribution in [0.25, 0.3) is 11.0 Å². The molecule has 8 heteroatoms. The van der Waals surface area contributed by atoms with Crippen LogP contribution >= 0.6 is 0 Å². The third-order valence-corrected chi connectivity index (χ3v) is 2.83. The molecule has 2 N–H and O–H groups in total. The summed E-state index contributed by atoms with van der Waals surface area (Å²) in [6.07, 6.45) is 3.20. The quantitative estimate of drug-likeness (QED) is 0.721. The Balaban J connectivity index is 1.82. The highest BCUT2D eigenvalue weighted by Gasteiger charge is 2.15. The van der Waals surface area contributed by atoms with Gasteiger partial charge in [-0.05, 0) is 25.1 Å². The summed E-state index contributed by atoms with van der Waals surface area (Å²) in [5.41, 5.74) is 1.93. The van der Waals surface area contributed by atoms with Crippen LogP contribution < -0.4 is 5.32 Å². The van der Waals surface area contributed by atoms with Crippen molar-refractivity contribution in [2.24, 2.45) is 0 Å². The number of hydrogen-bond donors (Lipinski definition) is 2. The van der Waals surface area contributed by atoms with Crippen molar-refractivity contribution < 1.29 is 4.79 Å². The molecule has 0 saturated carbocycles. The summed E-state index contributed by atoms with van der Waals surface area (Å²) >= 11 is 0. The number of nitrogens with zero attached hydrogens (tertiary/aromatic N) is 5. The Hall–Kier alpha value is -2.90. The second-order valence-electron chi connectivity index (χ2n) is 4.22. The third kappa shape index (κ3) is 2.30. The highest BCUT2D eigenvalue weighted by Crippen LogP contribution is 2.12. The molecule has 1 amide bonds. The molecule has 100 valence electrons. The lowest BCUT2D eigenvalue weighted by Gasteiger charge is -2.10. The van der Waals surface area contributed by atoms with Gasteiger partial charge in [0.05, 0.1) is 17.1 Å². The number of carbonyl (C=O) groups is 1. The molecule has 0 aliphatic rings. The summed E-state index contributed by atoms with van der Waals surface area (Å²) in [5.74, 6) is 0.203. The van der Waals surface area contributed by atoms with Crippen molar-refractivity contribution in [2.75, 3.05) is 0 Å². The van der Waals surface area contributed by atoms with Crippen molar-refractivity contribution in [1.29, 1.82) is 0 Å². The SMILES string of the molecule is CC(NC(=O)c1ccc2nccnc2c1)c1nn[nH]n1. The number of benzene rings is 1. The van der Waals surface area contributed by atoms with E-state index in [2.05, 4.69) is 35.9 Å². The highest BCUT2D eigenvalue weighted by atomic mass is 16.1. The maximum absolute atomic E-state index is 12.1. The van der Waals surface area contributed by atoms with Gasteiger partial charge in [-0.1, -0.05) is 5.21 Å². The van der Waals surface area contributed by atoms with Crippen LogP contribution in [0.15, 0.2) is 30.6 Å². The van der Waals surface area contributed by atoms with Gasteiger partial charge in [-0.2, -0.15) is 5.21 Å². The number of aromatic nitrogens is 6. The Bertz CT molecular complexity index is 740. The van der Waals surface area contributed by atoms with Crippen molar-refractivity contribution in [3.05, 3.63) is 42.0 Å². The zero-order valence-electron chi connectivity index (χ0n) is 10.6. The number of hydrogen-bond acceptors (Lipinski definition) is 6. The summed E-state index contributed by atoms with van der Waals surface area (Å²) in [4.78, 5) is 20.5. The first kappa shape index (κ1) is 12.2. The average molecular weight is 269 g/mol. The summed E-state index contributed by atoms with van der Waals surface area (Å²) in [5, 5.41) is 16.3. The molecule has 0 spiro atoms. The summed E-state index contributed by atoms with van der Waals surface area (Å²) in [6.45, 7) is 1.78. The Labute approximate surface area is 113 Å². The number of nitrogens with one attached hydrogen (secondary N) is 2. The predicted molar refractivity (Wildman–Crippen MR) is 69.6 cm³/mol. The van der Waals surface area contributed by atoms with Gasteiger partial charge in [0.2, 0.25) is 0 Å². The number of tetrazole rings is 1. The Morgan fingerprint density at radius 2 is 2.05 bits per heavy atom. The average Bonchev–Trinajstić information content (AvgIpc) is 3.01. The first-order valence-corrected chi connectivity index (χ1v) is 5.99. The number of amides is 1. The number of fused-ring (bicyclic) bond motifs is 1. The molecule has 0 fully saturated rings. The number of rotatable bonds is 3. The van der Waals surface area contributed by atoms with Gasteiger partial charge in [0, 0.05) is 18.0 Å². The minimum absolute atomic E-state index is 0.227. The van der Waals surface area contributed by atoms with Gasteiger partial charge in [0.25, 0.3) is 5.91 Å². The molecule has 2 aromatic heterocycles. The third-order valence-electron chi connectivity index (χ3n) is 2.83. The van der Waals surface area contributed by atoms with Crippen LogP contribution in [0, 0.1) is 0 Å². The first-order valence-electron chi connectivity index (χ1n) is 5.99. The molecule has 20 heavy (non-hydrogen) atoms. The summed E-state index contributed by atoms with van der Waals surface area (Å²) < 4.78 is 0. The van der Waals surface area contributed by atoms with Crippen LogP contribution in [0.2, 0.25) is 0 Å². The molecule has 1 unspecified atom stereocenters. The highest BCUT2D eigenvalue weighted by molar-refractivity contribution is 5.97. The first-order chi connectivity index (χ1) is 9.74. The fraction of sp³-hybridized carbons (Fsp3) is 0.167. The molecule has 3 rings (SSSR count). The molecule has 0 saturated heterocycles. The van der Waals surface area contributed by atoms with Crippen molar-refractivity contribution in [1.82, 2.24) is 35.9 Å². The van der Waals surface area contributed by atoms with Crippen LogP contribution in [-0.2, 0) is 0 Å². The zero-order valence-corrected chi connectivity index (χ0v) is 10.6. The van der Waals surface area contributed by atoms with Crippen LogP contribution in [0.3, 0.4) is 0 Å². The van der Waals surface area contributed by atoms with Crippen LogP contribution in [0.5, 0.6) is 0 Å². The lowest BCUT2D eigenvalue weighted by atomic mass is 10.1. The molecule has 0 aliphatic carbocycles. The van der Waals surface area contributed by atoms with E-state index in [1.54, 1.807) is 37.5 Å². The van der Waals surface area contributed by atoms with E-state index >= 15 is 0 Å². The van der Waals surface area contributed by atoms with E-state index in [4.69, 9.17) is 0 Å². The maximum Gasteiger partial charge on any atom is 0.251 e. The Kier molecular flexibility index (Phi) is 3.04. The largest absolute Gasteiger partial charge is 0.342 e. The predicted octanol–water partition coefficient (Wildman–Crippen LogP) is 0.634. The van der Waals surface area contributed by atoms with Gasteiger partial charge >= 0.3 is 0 Å². The molecule has 1 atom stereocenters. The van der Waals surface area contributed by atoms with E-state index in [9.17, 15) is 4.79 Å². The van der Waals surface area contributed by atoms with Crippen molar-refractivity contribution in [2.45, 2.75) is 13.0 Å². The fourth-order valence-electron chi connectivity index (χ4n) is 1.80. The van der Waals surface area contributed by atoms with Crippen LogP contribution in [-0.4, -0.2) is 36.5 Å². The standard InChI is InChI=1S/C12H11N7O/c1-7(11-16-18-19-17-11)15-12(20)8-2-3-9-10(6-8)14-5-4-13-9/h2-7H,1H3,(H,15,20)(H,16,17,18,19). The minimum Gasteiger partial charge on any atom is -0.342 e. The van der Waals surface area contributed by atoms with Crippen LogP contribution in [0.4, 0.5) is 0 Å². The Morgan fingerprint density at radius 3 is 2.80 bits per heavy atom. The lowest BCUT2D eigenvalue weighted by molar-refractivity contribution is 0.0938. The topological polar surface area (TPSA) is 109 Å². The van der Waals surface area contributed by atoms with Gasteiger partial charge < -0.3 is 5.32 Å². The van der Waals surface area contributed by atoms with Gasteiger partial charge in [-0.3, -0.25) is 14.8 Å². The molecule has 8 nitrogen and oxygen atoms in total. The van der Waals surface area contributed by atoms with E-state index < -0.39 is 0 Å². The van der Waals surface area contributed by atoms with Crippen LogP contribution in [0.1, 0.15) is 29.1 Å². The summed E-state index contributed by atoms with van der Waals surface area (Å²) in [7, 11) is 0. The van der Waals surface area contributed by atoms with E-state index in [0.29, 0.717) is 16.9 Å². The maximum atomic E-state index is 12.1. The molecule has 2 heterocycles. The summed E-state index contributed by atoms with van der Waals surface area (Å²) in [6, 6.07) is 4.82. The van der Waals surface area contributed by atoms with E-state index in [1.165, 1.54) is 0 Å². The second kappa shape index (κ2) is 5.00. The van der Waals surface area contributed by atoms with Crippen molar-refractivity contribution >= 4 is 16.9 Å². The molecule has 1 aromatic carbocycles. The van der Waals surface area contributed by atoms with E-state index in [1.807, 2.05) is 0 Å². The van der Waals surface area contributed by atoms with Gasteiger partial charge in [0.15, 0.2) is 5.82 Å². The van der Waals surface area contributed by atoms with Gasteiger partial charge in [0.1, 0.15) is 0 Å². The lowest BCUT2D eigenvalue weighted by Crippen LogP contribution is -2.27. The number of carbonyl (C=O) groups excluding carboxylic acids is 1.